The molecule has 7 aliphatic heterocycles. The van der Waals surface area contributed by atoms with Gasteiger partial charge < -0.3 is 90.4 Å². The molecule has 7 aliphatic rings. The molecule has 7 saturated heterocycles. The number of hydrogen-bond donors (Lipinski definition) is 1. The van der Waals surface area contributed by atoms with E-state index < -0.39 is 0 Å². The summed E-state index contributed by atoms with van der Waals surface area (Å²) in [7, 11) is 3.08. The van der Waals surface area contributed by atoms with Crippen LogP contribution in [-0.4, -0.2) is 219 Å². The predicted octanol–water partition coefficient (Wildman–Crippen LogP) is 18.3. The number of carbonyl (C=O) groups is 8. The minimum Gasteiger partial charge on any atom is -0.496 e. The lowest BCUT2D eigenvalue weighted by Crippen LogP contribution is -2.46. The minimum absolute atomic E-state index is 0.0116. The van der Waals surface area contributed by atoms with E-state index >= 15 is 0 Å². The largest absolute Gasteiger partial charge is 0.496 e. The maximum absolute atomic E-state index is 12.3. The molecule has 744 valence electrons. The van der Waals surface area contributed by atoms with E-state index in [4.69, 9.17) is 90.4 Å². The summed E-state index contributed by atoms with van der Waals surface area (Å²) in [5.74, 6) is 0.923. The van der Waals surface area contributed by atoms with Crippen molar-refractivity contribution < 1.29 is 129 Å². The number of methoxy groups -OCH3 is 2. The van der Waals surface area contributed by atoms with Crippen molar-refractivity contribution in [3.8, 4) is 28.7 Å². The van der Waals surface area contributed by atoms with Gasteiger partial charge in [0.05, 0.1) is 169 Å². The Morgan fingerprint density at radius 1 is 0.281 bits per heavy atom. The summed E-state index contributed by atoms with van der Waals surface area (Å²) in [5, 5.41) is 8.92. The Hall–Kier alpha value is -12.2. The van der Waals surface area contributed by atoms with Crippen LogP contribution in [0.5, 0.6) is 28.7 Å². The highest BCUT2D eigenvalue weighted by Crippen LogP contribution is 2.40. The van der Waals surface area contributed by atoms with Gasteiger partial charge in [0, 0.05) is 27.7 Å². The van der Waals surface area contributed by atoms with Crippen LogP contribution in [0.2, 0.25) is 0 Å². The van der Waals surface area contributed by atoms with Crippen molar-refractivity contribution in [2.75, 3.05) is 166 Å². The molecule has 0 amide bonds. The van der Waals surface area contributed by atoms with Gasteiger partial charge in [-0.25, -0.2) is 28.8 Å². The summed E-state index contributed by atoms with van der Waals surface area (Å²) < 4.78 is 96.3. The first-order chi connectivity index (χ1) is 67.1. The molecule has 139 heavy (non-hydrogen) atoms. The van der Waals surface area contributed by atoms with E-state index in [0.29, 0.717) is 193 Å². The molecule has 9 aromatic rings. The van der Waals surface area contributed by atoms with Gasteiger partial charge in [0.25, 0.3) is 0 Å². The van der Waals surface area contributed by atoms with Crippen molar-refractivity contribution in [1.82, 2.24) is 0 Å². The lowest BCUT2D eigenvalue weighted by atomic mass is 9.78. The highest BCUT2D eigenvalue weighted by Gasteiger charge is 2.44. The number of rotatable bonds is 41. The number of benzene rings is 9. The second-order valence-corrected chi connectivity index (χ2v) is 37.3. The van der Waals surface area contributed by atoms with Gasteiger partial charge in [-0.1, -0.05) is 196 Å². The molecule has 7 fully saturated rings. The number of esters is 6. The van der Waals surface area contributed by atoms with Crippen LogP contribution >= 0.6 is 0 Å². The second kappa shape index (κ2) is 51.6. The number of ketones is 2. The molecule has 0 saturated carbocycles. The monoisotopic (exact) mass is 1910 g/mol. The van der Waals surface area contributed by atoms with E-state index in [9.17, 15) is 38.4 Å². The lowest BCUT2D eigenvalue weighted by molar-refractivity contribution is -0.172. The van der Waals surface area contributed by atoms with Gasteiger partial charge in [-0.15, -0.1) is 0 Å². The zero-order valence-electron chi connectivity index (χ0n) is 81.9. The Kier molecular flexibility index (Phi) is 39.8. The summed E-state index contributed by atoms with van der Waals surface area (Å²) in [5.41, 5.74) is 7.23. The Labute approximate surface area is 815 Å². The normalized spacial score (nSPS) is 16.6. The van der Waals surface area contributed by atoms with E-state index in [1.54, 1.807) is 111 Å². The maximum atomic E-state index is 12.3. The number of ether oxygens (including phenoxy) is 18. The Morgan fingerprint density at radius 3 is 0.813 bits per heavy atom. The first kappa shape index (κ1) is 107. The fraction of sp³-hybridized carbons (Fsp3) is 0.446. The molecule has 27 nitrogen and oxygen atoms in total. The van der Waals surface area contributed by atoms with Crippen LogP contribution in [0.1, 0.15) is 197 Å². The maximum Gasteiger partial charge on any atom is 0.344 e. The zero-order chi connectivity index (χ0) is 99.4. The van der Waals surface area contributed by atoms with Gasteiger partial charge >= 0.3 is 35.8 Å². The van der Waals surface area contributed by atoms with E-state index in [1.807, 2.05) is 133 Å². The minimum atomic E-state index is -0.382. The summed E-state index contributed by atoms with van der Waals surface area (Å²) in [6.07, 6.45) is 6.66. The average molecular weight is 1910 g/mol. The number of aliphatic hydroxyl groups excluding tert-OH is 1. The molecule has 0 unspecified atom stereocenters. The molecule has 0 bridgehead atoms. The first-order valence-corrected chi connectivity index (χ1v) is 47.6. The Bertz CT molecular complexity index is 5170. The Morgan fingerprint density at radius 2 is 0.525 bits per heavy atom. The molecule has 9 aromatic carbocycles. The van der Waals surface area contributed by atoms with Crippen LogP contribution in [0, 0.1) is 37.9 Å². The smallest absolute Gasteiger partial charge is 0.344 e. The van der Waals surface area contributed by atoms with E-state index in [-0.39, 0.29) is 111 Å². The molecule has 0 spiro atoms. The van der Waals surface area contributed by atoms with Gasteiger partial charge in [-0.3, -0.25) is 9.59 Å². The summed E-state index contributed by atoms with van der Waals surface area (Å²) in [6.45, 7) is 30.9. The molecule has 27 heteroatoms. The van der Waals surface area contributed by atoms with Gasteiger partial charge in [0.1, 0.15) is 79.5 Å². The fourth-order valence-corrected chi connectivity index (χ4v) is 15.2. The van der Waals surface area contributed by atoms with Gasteiger partial charge in [0.15, 0.2) is 24.8 Å². The number of para-hydroxylation sites is 2. The van der Waals surface area contributed by atoms with Gasteiger partial charge in [0.2, 0.25) is 0 Å². The molecule has 1 N–H and O–H groups in total. The highest BCUT2D eigenvalue weighted by molar-refractivity contribution is 6.10. The SMILES string of the molecule is CCC1(COC(=O)COc2ccc(C(C)(C)c3ccc(OCC(=O)OCC4(CC)COC4)cc3)cc2)COC1.CCC1(COC(=O)c2ccc(C(=O)c3ccccc3)cc2)COC1.CCC1(COC(=O)c2ccc(CO)cc2)COC1.CCC1(COC(=O)c2ccccc2OC)COC1.CCC1(COC(=O)c2ccccc2OC)COC1.CCC1(COc2ccc(C(=O)c3ccccc3)cc2)COC1. The van der Waals surface area contributed by atoms with Crippen molar-refractivity contribution in [1.29, 1.82) is 0 Å². The van der Waals surface area contributed by atoms with Gasteiger partial charge in [-0.05, 0) is 159 Å². The standard InChI is InChI=1S/C31H40O8.C20H20O4.C19H20O3.3C14H18O4/c1-5-30(17-34-18-30)21-38-27(32)15-36-25-11-7-23(8-12-25)29(3,4)24-9-13-26(14-10-24)37-16-28(33)39-22-31(6-2)19-35-20-31;1-2-20(12-23-13-20)14-24-19(22)17-10-8-16(9-11-17)18(21)15-6-4-3-5-7-15;1-2-19(12-21-13-19)14-22-17-10-8-16(9-11-17)18(20)15-6-4-3-5-7-15;2*1-3-14(8-17-9-14)10-18-13(15)11-6-4-5-7-12(11)16-2;1-2-14(8-17-9-14)10-18-13(16)12-5-3-11(7-15)4-6-12/h7-14H,5-6,15-22H2,1-4H3;3-11H,2,12-14H2,1H3;3-11H,2,12-14H2,1H3;2*4-7H,3,8-10H2,1-2H3;3-6,15H,2,7-10H2,1H3. The van der Waals surface area contributed by atoms with Crippen molar-refractivity contribution >= 4 is 47.4 Å². The number of aliphatic hydroxyl groups is 1. The van der Waals surface area contributed by atoms with E-state index in [0.717, 1.165) is 80.6 Å². The Balaban J connectivity index is 0.000000164. The predicted molar refractivity (Wildman–Crippen MR) is 520 cm³/mol. The number of hydrogen-bond acceptors (Lipinski definition) is 27. The van der Waals surface area contributed by atoms with Crippen molar-refractivity contribution in [3.05, 3.63) is 292 Å². The molecule has 7 heterocycles. The molecule has 0 atom stereocenters. The van der Waals surface area contributed by atoms with E-state index in [2.05, 4.69) is 62.3 Å². The van der Waals surface area contributed by atoms with Crippen LogP contribution in [0.25, 0.3) is 0 Å². The third-order valence-corrected chi connectivity index (χ3v) is 27.1. The van der Waals surface area contributed by atoms with Crippen LogP contribution in [0.3, 0.4) is 0 Å². The summed E-state index contributed by atoms with van der Waals surface area (Å²) >= 11 is 0. The fourth-order valence-electron chi connectivity index (χ4n) is 15.2. The van der Waals surface area contributed by atoms with Crippen LogP contribution in [-0.2, 0) is 83.2 Å². The summed E-state index contributed by atoms with van der Waals surface area (Å²) in [4.78, 5) is 96.8. The molecule has 16 rings (SSSR count). The molecule has 0 radical (unpaired) electrons. The first-order valence-electron chi connectivity index (χ1n) is 47.6. The summed E-state index contributed by atoms with van der Waals surface area (Å²) in [6, 6.07) is 68.7. The molecular weight excluding hydrogens is 1780 g/mol. The average Bonchev–Trinajstić information content (AvgIpc) is 0.794. The molecule has 0 aliphatic carbocycles. The van der Waals surface area contributed by atoms with Crippen LogP contribution in [0.4, 0.5) is 0 Å². The van der Waals surface area contributed by atoms with Crippen LogP contribution in [0.15, 0.2) is 231 Å². The van der Waals surface area contributed by atoms with Crippen LogP contribution < -0.4 is 23.7 Å². The quantitative estimate of drug-likeness (QED) is 0.0211. The highest BCUT2D eigenvalue weighted by atomic mass is 16.6. The third-order valence-electron chi connectivity index (χ3n) is 27.1. The van der Waals surface area contributed by atoms with Crippen molar-refractivity contribution in [2.24, 2.45) is 37.9 Å². The topological polar surface area (TPSA) is 323 Å². The van der Waals surface area contributed by atoms with E-state index in [1.165, 1.54) is 0 Å². The van der Waals surface area contributed by atoms with Gasteiger partial charge in [-0.2, -0.15) is 0 Å². The lowest BCUT2D eigenvalue weighted by Gasteiger charge is -2.40. The zero-order valence-corrected chi connectivity index (χ0v) is 81.9. The third kappa shape index (κ3) is 29.7. The molecule has 0 aromatic heterocycles. The van der Waals surface area contributed by atoms with Crippen molar-refractivity contribution in [3.63, 3.8) is 0 Å². The number of carbonyl (C=O) groups excluding carboxylic acids is 8. The van der Waals surface area contributed by atoms with Crippen molar-refractivity contribution in [2.45, 2.75) is 119 Å². The second-order valence-electron chi connectivity index (χ2n) is 37.3. The molecular formula is C112H134O27.